The SMILES string of the molecule is Cc1cccc(-c2nc(-c3cc(N4CCOCC4)nc(OCCc4ccccn4)n3)cs2)c1. The first-order valence-corrected chi connectivity index (χ1v) is 11.9. The number of hydrogen-bond acceptors (Lipinski definition) is 8. The van der Waals surface area contributed by atoms with Gasteiger partial charge in [0, 0.05) is 48.4 Å². The summed E-state index contributed by atoms with van der Waals surface area (Å²) in [5.74, 6) is 0.834. The van der Waals surface area contributed by atoms with Crippen LogP contribution in [0, 0.1) is 6.92 Å². The molecule has 0 saturated carbocycles. The van der Waals surface area contributed by atoms with Crippen molar-refractivity contribution in [3.8, 4) is 28.0 Å². The maximum absolute atomic E-state index is 5.97. The molecule has 0 aliphatic carbocycles. The second-order valence-electron chi connectivity index (χ2n) is 7.82. The van der Waals surface area contributed by atoms with Gasteiger partial charge in [0.05, 0.1) is 25.5 Å². The van der Waals surface area contributed by atoms with E-state index in [1.807, 2.05) is 29.6 Å². The zero-order chi connectivity index (χ0) is 22.5. The highest BCUT2D eigenvalue weighted by molar-refractivity contribution is 7.13. The van der Waals surface area contributed by atoms with Gasteiger partial charge in [0.2, 0.25) is 0 Å². The second-order valence-corrected chi connectivity index (χ2v) is 8.68. The average Bonchev–Trinajstić information content (AvgIpc) is 3.36. The molecule has 1 aromatic carbocycles. The lowest BCUT2D eigenvalue weighted by atomic mass is 10.1. The molecule has 5 rings (SSSR count). The van der Waals surface area contributed by atoms with E-state index in [1.165, 1.54) is 5.56 Å². The third-order valence-corrected chi connectivity index (χ3v) is 6.27. The van der Waals surface area contributed by atoms with Crippen LogP contribution in [0.4, 0.5) is 5.82 Å². The summed E-state index contributed by atoms with van der Waals surface area (Å²) in [5, 5.41) is 3.01. The Balaban J connectivity index is 1.41. The number of thiazole rings is 1. The largest absolute Gasteiger partial charge is 0.463 e. The molecular weight excluding hydrogens is 434 g/mol. The number of benzene rings is 1. The molecular formula is C25H25N5O2S. The molecule has 33 heavy (non-hydrogen) atoms. The summed E-state index contributed by atoms with van der Waals surface area (Å²) in [4.78, 5) is 20.8. The van der Waals surface area contributed by atoms with Crippen molar-refractivity contribution in [1.82, 2.24) is 19.9 Å². The highest BCUT2D eigenvalue weighted by atomic mass is 32.1. The highest BCUT2D eigenvalue weighted by Crippen LogP contribution is 2.31. The van der Waals surface area contributed by atoms with Crippen LogP contribution in [0.5, 0.6) is 6.01 Å². The van der Waals surface area contributed by atoms with Crippen LogP contribution < -0.4 is 9.64 Å². The number of aryl methyl sites for hydroxylation is 1. The van der Waals surface area contributed by atoms with Gasteiger partial charge in [0.15, 0.2) is 0 Å². The molecule has 4 heterocycles. The maximum atomic E-state index is 5.97. The van der Waals surface area contributed by atoms with E-state index in [4.69, 9.17) is 14.5 Å². The lowest BCUT2D eigenvalue weighted by Crippen LogP contribution is -2.36. The third-order valence-electron chi connectivity index (χ3n) is 5.37. The Morgan fingerprint density at radius 1 is 1.00 bits per heavy atom. The molecule has 1 fully saturated rings. The Morgan fingerprint density at radius 3 is 2.73 bits per heavy atom. The maximum Gasteiger partial charge on any atom is 0.318 e. The van der Waals surface area contributed by atoms with E-state index in [2.05, 4.69) is 51.0 Å². The minimum absolute atomic E-state index is 0.357. The molecule has 0 spiro atoms. The van der Waals surface area contributed by atoms with Gasteiger partial charge in [-0.25, -0.2) is 4.98 Å². The van der Waals surface area contributed by atoms with Gasteiger partial charge in [0.1, 0.15) is 16.5 Å². The Morgan fingerprint density at radius 2 is 1.91 bits per heavy atom. The number of pyridine rings is 1. The zero-order valence-corrected chi connectivity index (χ0v) is 19.3. The zero-order valence-electron chi connectivity index (χ0n) is 18.5. The first kappa shape index (κ1) is 21.5. The van der Waals surface area contributed by atoms with Gasteiger partial charge >= 0.3 is 6.01 Å². The fourth-order valence-corrected chi connectivity index (χ4v) is 4.47. The molecule has 0 unspecified atom stereocenters. The van der Waals surface area contributed by atoms with Crippen LogP contribution in [0.1, 0.15) is 11.3 Å². The Kier molecular flexibility index (Phi) is 6.55. The number of anilines is 1. The molecule has 0 bridgehead atoms. The molecule has 0 N–H and O–H groups in total. The molecule has 4 aromatic rings. The normalized spacial score (nSPS) is 13.8. The first-order valence-electron chi connectivity index (χ1n) is 11.0. The van der Waals surface area contributed by atoms with Gasteiger partial charge in [-0.05, 0) is 25.1 Å². The smallest absolute Gasteiger partial charge is 0.318 e. The fourth-order valence-electron chi connectivity index (χ4n) is 3.66. The van der Waals surface area contributed by atoms with Crippen molar-refractivity contribution >= 4 is 17.2 Å². The summed E-state index contributed by atoms with van der Waals surface area (Å²) in [6, 6.07) is 16.6. The van der Waals surface area contributed by atoms with Crippen molar-refractivity contribution in [3.05, 3.63) is 71.4 Å². The van der Waals surface area contributed by atoms with Gasteiger partial charge in [-0.15, -0.1) is 11.3 Å². The quantitative estimate of drug-likeness (QED) is 0.405. The Bertz CT molecular complexity index is 1210. The molecule has 1 saturated heterocycles. The third kappa shape index (κ3) is 5.35. The summed E-state index contributed by atoms with van der Waals surface area (Å²) in [7, 11) is 0. The lowest BCUT2D eigenvalue weighted by molar-refractivity contribution is 0.122. The van der Waals surface area contributed by atoms with Gasteiger partial charge in [0.25, 0.3) is 0 Å². The molecule has 0 atom stereocenters. The van der Waals surface area contributed by atoms with Crippen molar-refractivity contribution in [1.29, 1.82) is 0 Å². The summed E-state index contributed by atoms with van der Waals surface area (Å²) in [6.45, 7) is 5.48. The van der Waals surface area contributed by atoms with Gasteiger partial charge in [-0.2, -0.15) is 9.97 Å². The summed E-state index contributed by atoms with van der Waals surface area (Å²) < 4.78 is 11.5. The van der Waals surface area contributed by atoms with Crippen LogP contribution in [-0.4, -0.2) is 52.8 Å². The van der Waals surface area contributed by atoms with Crippen molar-refractivity contribution in [2.45, 2.75) is 13.3 Å². The Hall–Kier alpha value is -3.36. The summed E-state index contributed by atoms with van der Waals surface area (Å²) in [5.41, 5.74) is 4.88. The molecule has 1 aliphatic heterocycles. The van der Waals surface area contributed by atoms with Crippen LogP contribution >= 0.6 is 11.3 Å². The number of nitrogens with zero attached hydrogens (tertiary/aromatic N) is 5. The molecule has 8 heteroatoms. The number of morpholine rings is 1. The van der Waals surface area contributed by atoms with Gasteiger partial charge < -0.3 is 14.4 Å². The van der Waals surface area contributed by atoms with Gasteiger partial charge in [-0.3, -0.25) is 4.98 Å². The highest BCUT2D eigenvalue weighted by Gasteiger charge is 2.18. The predicted octanol–water partition coefficient (Wildman–Crippen LogP) is 4.43. The van der Waals surface area contributed by atoms with Crippen LogP contribution in [-0.2, 0) is 11.2 Å². The van der Waals surface area contributed by atoms with Crippen molar-refractivity contribution in [3.63, 3.8) is 0 Å². The molecule has 1 aliphatic rings. The summed E-state index contributed by atoms with van der Waals surface area (Å²) in [6.07, 6.45) is 2.48. The number of hydrogen-bond donors (Lipinski definition) is 0. The van der Waals surface area contributed by atoms with Crippen LogP contribution in [0.2, 0.25) is 0 Å². The predicted molar refractivity (Wildman–Crippen MR) is 130 cm³/mol. The monoisotopic (exact) mass is 459 g/mol. The van der Waals surface area contributed by atoms with Crippen molar-refractivity contribution < 1.29 is 9.47 Å². The average molecular weight is 460 g/mol. The molecule has 0 amide bonds. The lowest BCUT2D eigenvalue weighted by Gasteiger charge is -2.28. The molecule has 3 aromatic heterocycles. The minimum Gasteiger partial charge on any atom is -0.463 e. The molecule has 168 valence electrons. The van der Waals surface area contributed by atoms with E-state index in [-0.39, 0.29) is 0 Å². The van der Waals surface area contributed by atoms with E-state index >= 15 is 0 Å². The second kappa shape index (κ2) is 10.1. The summed E-state index contributed by atoms with van der Waals surface area (Å²) >= 11 is 1.61. The van der Waals surface area contributed by atoms with E-state index in [1.54, 1.807) is 17.5 Å². The van der Waals surface area contributed by atoms with Crippen LogP contribution in [0.15, 0.2) is 60.1 Å². The number of aromatic nitrogens is 4. The molecule has 0 radical (unpaired) electrons. The van der Waals surface area contributed by atoms with Crippen LogP contribution in [0.25, 0.3) is 22.0 Å². The van der Waals surface area contributed by atoms with E-state index in [9.17, 15) is 0 Å². The number of ether oxygens (including phenoxy) is 2. The van der Waals surface area contributed by atoms with E-state index in [0.29, 0.717) is 32.3 Å². The number of rotatable bonds is 7. The Labute approximate surface area is 197 Å². The fraction of sp³-hybridized carbons (Fsp3) is 0.280. The molecule has 7 nitrogen and oxygen atoms in total. The van der Waals surface area contributed by atoms with Crippen LogP contribution in [0.3, 0.4) is 0 Å². The minimum atomic E-state index is 0.357. The van der Waals surface area contributed by atoms with Crippen molar-refractivity contribution in [2.75, 3.05) is 37.8 Å². The first-order chi connectivity index (χ1) is 16.2. The van der Waals surface area contributed by atoms with E-state index < -0.39 is 0 Å². The topological polar surface area (TPSA) is 73.3 Å². The standard InChI is InChI=1S/C25H25N5O2S/c1-18-5-4-6-19(15-18)24-27-22(17-33-24)21-16-23(30-10-13-31-14-11-30)29-25(28-21)32-12-8-20-7-2-3-9-26-20/h2-7,9,15-17H,8,10-14H2,1H3. The van der Waals surface area contributed by atoms with E-state index in [0.717, 1.165) is 46.6 Å². The van der Waals surface area contributed by atoms with Crippen molar-refractivity contribution in [2.24, 2.45) is 0 Å². The van der Waals surface area contributed by atoms with Gasteiger partial charge in [-0.1, -0.05) is 29.8 Å².